The SMILES string of the molecule is C=CCN(C)CCc1c[nH]c2ccc(O)cc12. The van der Waals surface area contributed by atoms with E-state index in [9.17, 15) is 5.11 Å². The highest BCUT2D eigenvalue weighted by Gasteiger charge is 2.05. The molecule has 0 bridgehead atoms. The third kappa shape index (κ3) is 2.68. The van der Waals surface area contributed by atoms with E-state index in [-0.39, 0.29) is 0 Å². The highest BCUT2D eigenvalue weighted by Crippen LogP contribution is 2.23. The van der Waals surface area contributed by atoms with Crippen LogP contribution in [0.25, 0.3) is 10.9 Å². The maximum atomic E-state index is 9.50. The van der Waals surface area contributed by atoms with Crippen molar-refractivity contribution in [2.75, 3.05) is 20.1 Å². The first-order valence-corrected chi connectivity index (χ1v) is 5.79. The number of aromatic amines is 1. The number of hydrogen-bond donors (Lipinski definition) is 2. The second kappa shape index (κ2) is 5.06. The Balaban J connectivity index is 2.13. The molecule has 0 saturated heterocycles. The van der Waals surface area contributed by atoms with Gasteiger partial charge in [-0.05, 0) is 37.2 Å². The van der Waals surface area contributed by atoms with Crippen molar-refractivity contribution in [3.05, 3.63) is 42.6 Å². The molecule has 0 unspecified atom stereocenters. The van der Waals surface area contributed by atoms with Crippen LogP contribution in [0, 0.1) is 0 Å². The summed E-state index contributed by atoms with van der Waals surface area (Å²) in [6, 6.07) is 5.42. The van der Waals surface area contributed by atoms with Crippen LogP contribution in [-0.4, -0.2) is 35.1 Å². The Hall–Kier alpha value is -1.74. The first-order chi connectivity index (χ1) is 8.20. The average molecular weight is 230 g/mol. The van der Waals surface area contributed by atoms with E-state index in [4.69, 9.17) is 0 Å². The molecule has 0 fully saturated rings. The Labute approximate surface area is 101 Å². The molecule has 2 aromatic rings. The molecule has 3 heteroatoms. The van der Waals surface area contributed by atoms with Crippen molar-refractivity contribution in [1.29, 1.82) is 0 Å². The maximum absolute atomic E-state index is 9.50. The molecule has 1 aromatic heterocycles. The third-order valence-electron chi connectivity index (χ3n) is 2.95. The Morgan fingerprint density at radius 2 is 2.29 bits per heavy atom. The van der Waals surface area contributed by atoms with Crippen molar-refractivity contribution in [3.8, 4) is 5.75 Å². The summed E-state index contributed by atoms with van der Waals surface area (Å²) < 4.78 is 0. The molecule has 0 aliphatic rings. The number of hydrogen-bond acceptors (Lipinski definition) is 2. The largest absolute Gasteiger partial charge is 0.508 e. The summed E-state index contributed by atoms with van der Waals surface area (Å²) in [5.41, 5.74) is 2.32. The first-order valence-electron chi connectivity index (χ1n) is 5.79. The van der Waals surface area contributed by atoms with Gasteiger partial charge in [0.15, 0.2) is 0 Å². The van der Waals surface area contributed by atoms with Crippen molar-refractivity contribution in [2.45, 2.75) is 6.42 Å². The molecule has 0 aliphatic carbocycles. The lowest BCUT2D eigenvalue weighted by atomic mass is 10.1. The van der Waals surface area contributed by atoms with Crippen molar-refractivity contribution in [3.63, 3.8) is 0 Å². The Morgan fingerprint density at radius 1 is 1.47 bits per heavy atom. The Kier molecular flexibility index (Phi) is 3.49. The van der Waals surface area contributed by atoms with Gasteiger partial charge in [-0.3, -0.25) is 0 Å². The van der Waals surface area contributed by atoms with E-state index in [1.807, 2.05) is 24.4 Å². The Morgan fingerprint density at radius 3 is 3.06 bits per heavy atom. The lowest BCUT2D eigenvalue weighted by molar-refractivity contribution is 0.376. The quantitative estimate of drug-likeness (QED) is 0.775. The zero-order valence-corrected chi connectivity index (χ0v) is 10.1. The fourth-order valence-corrected chi connectivity index (χ4v) is 2.00. The smallest absolute Gasteiger partial charge is 0.116 e. The highest BCUT2D eigenvalue weighted by atomic mass is 16.3. The fraction of sp³-hybridized carbons (Fsp3) is 0.286. The lowest BCUT2D eigenvalue weighted by Gasteiger charge is -2.13. The number of rotatable bonds is 5. The fourth-order valence-electron chi connectivity index (χ4n) is 2.00. The molecule has 0 spiro atoms. The van der Waals surface area contributed by atoms with Crippen LogP contribution >= 0.6 is 0 Å². The van der Waals surface area contributed by atoms with Crippen LogP contribution in [0.15, 0.2) is 37.1 Å². The van der Waals surface area contributed by atoms with Crippen LogP contribution in [-0.2, 0) is 6.42 Å². The zero-order chi connectivity index (χ0) is 12.3. The molecule has 90 valence electrons. The molecular weight excluding hydrogens is 212 g/mol. The van der Waals surface area contributed by atoms with Gasteiger partial charge in [-0.1, -0.05) is 6.08 Å². The molecular formula is C14H18N2O. The van der Waals surface area contributed by atoms with E-state index in [0.717, 1.165) is 30.4 Å². The monoisotopic (exact) mass is 230 g/mol. The van der Waals surface area contributed by atoms with Gasteiger partial charge >= 0.3 is 0 Å². The second-order valence-corrected chi connectivity index (χ2v) is 4.34. The molecule has 2 rings (SSSR count). The molecule has 1 aromatic carbocycles. The minimum Gasteiger partial charge on any atom is -0.508 e. The van der Waals surface area contributed by atoms with Crippen molar-refractivity contribution < 1.29 is 5.11 Å². The number of fused-ring (bicyclic) bond motifs is 1. The minimum absolute atomic E-state index is 0.317. The van der Waals surface area contributed by atoms with E-state index in [0.29, 0.717) is 5.75 Å². The van der Waals surface area contributed by atoms with E-state index in [2.05, 4.69) is 23.5 Å². The number of nitrogens with zero attached hydrogens (tertiary/aromatic N) is 1. The maximum Gasteiger partial charge on any atom is 0.116 e. The van der Waals surface area contributed by atoms with Crippen LogP contribution in [0.1, 0.15) is 5.56 Å². The van der Waals surface area contributed by atoms with Gasteiger partial charge in [-0.25, -0.2) is 0 Å². The molecule has 0 atom stereocenters. The number of phenolic OH excluding ortho intramolecular Hbond substituents is 1. The van der Waals surface area contributed by atoms with Gasteiger partial charge in [0.05, 0.1) is 0 Å². The number of aromatic hydroxyl groups is 1. The summed E-state index contributed by atoms with van der Waals surface area (Å²) in [5, 5.41) is 10.6. The molecule has 0 radical (unpaired) electrons. The molecule has 0 aliphatic heterocycles. The summed E-state index contributed by atoms with van der Waals surface area (Å²) in [6.07, 6.45) is 4.89. The summed E-state index contributed by atoms with van der Waals surface area (Å²) >= 11 is 0. The number of H-pyrrole nitrogens is 1. The van der Waals surface area contributed by atoms with E-state index in [1.165, 1.54) is 5.56 Å². The number of nitrogens with one attached hydrogen (secondary N) is 1. The minimum atomic E-state index is 0.317. The molecule has 1 heterocycles. The van der Waals surface area contributed by atoms with Crippen LogP contribution < -0.4 is 0 Å². The number of phenols is 1. The number of aromatic nitrogens is 1. The number of likely N-dealkylation sites (N-methyl/N-ethyl adjacent to an activating group) is 1. The molecule has 17 heavy (non-hydrogen) atoms. The van der Waals surface area contributed by atoms with Crippen molar-refractivity contribution in [1.82, 2.24) is 9.88 Å². The predicted octanol–water partition coefficient (Wildman–Crippen LogP) is 2.53. The second-order valence-electron chi connectivity index (χ2n) is 4.34. The van der Waals surface area contributed by atoms with Crippen LogP contribution in [0.2, 0.25) is 0 Å². The van der Waals surface area contributed by atoms with Gasteiger partial charge in [0.2, 0.25) is 0 Å². The van der Waals surface area contributed by atoms with Crippen LogP contribution in [0.3, 0.4) is 0 Å². The van der Waals surface area contributed by atoms with Gasteiger partial charge in [0.25, 0.3) is 0 Å². The Bertz CT molecular complexity index is 516. The lowest BCUT2D eigenvalue weighted by Crippen LogP contribution is -2.20. The normalized spacial score (nSPS) is 11.2. The standard InChI is InChI=1S/C14H18N2O/c1-3-7-16(2)8-6-11-10-15-14-5-4-12(17)9-13(11)14/h3-5,9-10,15,17H,1,6-8H2,2H3. The van der Waals surface area contributed by atoms with E-state index < -0.39 is 0 Å². The van der Waals surface area contributed by atoms with E-state index in [1.54, 1.807) is 6.07 Å². The summed E-state index contributed by atoms with van der Waals surface area (Å²) in [4.78, 5) is 5.44. The van der Waals surface area contributed by atoms with Gasteiger partial charge < -0.3 is 15.0 Å². The van der Waals surface area contributed by atoms with Crippen LogP contribution in [0.4, 0.5) is 0 Å². The van der Waals surface area contributed by atoms with Gasteiger partial charge in [0, 0.05) is 30.2 Å². The number of benzene rings is 1. The molecule has 2 N–H and O–H groups in total. The van der Waals surface area contributed by atoms with Gasteiger partial charge in [-0.2, -0.15) is 0 Å². The highest BCUT2D eigenvalue weighted by molar-refractivity contribution is 5.84. The van der Waals surface area contributed by atoms with Crippen LogP contribution in [0.5, 0.6) is 5.75 Å². The predicted molar refractivity (Wildman–Crippen MR) is 71.4 cm³/mol. The van der Waals surface area contributed by atoms with Crippen molar-refractivity contribution in [2.24, 2.45) is 0 Å². The molecule has 3 nitrogen and oxygen atoms in total. The van der Waals surface area contributed by atoms with Gasteiger partial charge in [0.1, 0.15) is 5.75 Å². The summed E-state index contributed by atoms with van der Waals surface area (Å²) in [5.74, 6) is 0.317. The van der Waals surface area contributed by atoms with E-state index >= 15 is 0 Å². The molecule has 0 saturated carbocycles. The summed E-state index contributed by atoms with van der Waals surface area (Å²) in [7, 11) is 2.08. The summed E-state index contributed by atoms with van der Waals surface area (Å²) in [6.45, 7) is 5.60. The van der Waals surface area contributed by atoms with Gasteiger partial charge in [-0.15, -0.1) is 6.58 Å². The molecule has 0 amide bonds. The average Bonchev–Trinajstić information content (AvgIpc) is 2.69. The third-order valence-corrected chi connectivity index (χ3v) is 2.95. The zero-order valence-electron chi connectivity index (χ0n) is 10.1. The topological polar surface area (TPSA) is 39.3 Å². The first kappa shape index (κ1) is 11.7. The van der Waals surface area contributed by atoms with Crippen molar-refractivity contribution >= 4 is 10.9 Å².